The first kappa shape index (κ1) is 18.7. The lowest BCUT2D eigenvalue weighted by Crippen LogP contribution is -2.50. The first-order valence-electron chi connectivity index (χ1n) is 9.73. The van der Waals surface area contributed by atoms with Crippen molar-refractivity contribution in [3.8, 4) is 6.07 Å². The second kappa shape index (κ2) is 9.54. The monoisotopic (exact) mass is 356 g/mol. The van der Waals surface area contributed by atoms with Gasteiger partial charge in [-0.25, -0.2) is 4.98 Å². The van der Waals surface area contributed by atoms with Crippen molar-refractivity contribution in [2.75, 3.05) is 44.3 Å². The van der Waals surface area contributed by atoms with E-state index < -0.39 is 0 Å². The van der Waals surface area contributed by atoms with Crippen LogP contribution in [-0.4, -0.2) is 55.2 Å². The van der Waals surface area contributed by atoms with Crippen molar-refractivity contribution in [2.45, 2.75) is 38.5 Å². The molecule has 3 rings (SSSR count). The van der Waals surface area contributed by atoms with Crippen LogP contribution in [0, 0.1) is 17.2 Å². The molecule has 1 aromatic heterocycles. The Morgan fingerprint density at radius 2 is 1.96 bits per heavy atom. The third kappa shape index (κ3) is 5.18. The van der Waals surface area contributed by atoms with Crippen LogP contribution in [0.4, 0.5) is 5.82 Å². The summed E-state index contributed by atoms with van der Waals surface area (Å²) < 4.78 is 5.64. The number of carbonyl (C=O) groups is 1. The molecule has 0 spiro atoms. The maximum Gasteiger partial charge on any atom is 0.248 e. The molecule has 0 aromatic carbocycles. The largest absolute Gasteiger partial charge is 0.372 e. The van der Waals surface area contributed by atoms with Crippen LogP contribution < -0.4 is 4.90 Å². The first-order valence-corrected chi connectivity index (χ1v) is 9.73. The summed E-state index contributed by atoms with van der Waals surface area (Å²) >= 11 is 0. The van der Waals surface area contributed by atoms with E-state index in [1.807, 2.05) is 11.0 Å². The fraction of sp³-hybridized carbons (Fsp3) is 0.650. The summed E-state index contributed by atoms with van der Waals surface area (Å²) in [6.07, 6.45) is 9.40. The predicted octanol–water partition coefficient (Wildman–Crippen LogP) is 2.59. The van der Waals surface area contributed by atoms with Crippen LogP contribution in [0.1, 0.15) is 44.1 Å². The summed E-state index contributed by atoms with van der Waals surface area (Å²) in [6, 6.07) is 5.72. The zero-order chi connectivity index (χ0) is 18.2. The summed E-state index contributed by atoms with van der Waals surface area (Å²) in [5.74, 6) is 1.74. The lowest BCUT2D eigenvalue weighted by Gasteiger charge is -2.35. The molecule has 0 atom stereocenters. The van der Waals surface area contributed by atoms with Crippen LogP contribution in [0.3, 0.4) is 0 Å². The van der Waals surface area contributed by atoms with Gasteiger partial charge in [0.1, 0.15) is 18.5 Å². The highest BCUT2D eigenvalue weighted by atomic mass is 16.5. The van der Waals surface area contributed by atoms with Crippen molar-refractivity contribution in [3.05, 3.63) is 23.9 Å². The Morgan fingerprint density at radius 3 is 2.62 bits per heavy atom. The fourth-order valence-electron chi connectivity index (χ4n) is 3.80. The Kier molecular flexibility index (Phi) is 6.84. The number of hydrogen-bond donors (Lipinski definition) is 0. The van der Waals surface area contributed by atoms with Gasteiger partial charge in [0, 0.05) is 39.0 Å². The molecule has 2 heterocycles. The molecule has 1 saturated heterocycles. The smallest absolute Gasteiger partial charge is 0.248 e. The summed E-state index contributed by atoms with van der Waals surface area (Å²) in [5.41, 5.74) is 0.563. The third-order valence-corrected chi connectivity index (χ3v) is 5.45. The number of rotatable bonds is 6. The normalized spacial score (nSPS) is 18.6. The van der Waals surface area contributed by atoms with E-state index in [-0.39, 0.29) is 12.5 Å². The number of carbonyl (C=O) groups excluding carboxylic acids is 1. The highest BCUT2D eigenvalue weighted by molar-refractivity contribution is 5.77. The highest BCUT2D eigenvalue weighted by Crippen LogP contribution is 2.26. The lowest BCUT2D eigenvalue weighted by atomic mass is 9.87. The molecule has 1 saturated carbocycles. The molecule has 1 aromatic rings. The number of amides is 1. The average Bonchev–Trinajstić information content (AvgIpc) is 2.72. The number of aromatic nitrogens is 1. The molecular weight excluding hydrogens is 328 g/mol. The van der Waals surface area contributed by atoms with E-state index in [4.69, 9.17) is 10.00 Å². The molecule has 0 unspecified atom stereocenters. The van der Waals surface area contributed by atoms with Crippen molar-refractivity contribution >= 4 is 11.7 Å². The molecule has 6 nitrogen and oxygen atoms in total. The van der Waals surface area contributed by atoms with Crippen molar-refractivity contribution in [1.29, 1.82) is 5.26 Å². The number of anilines is 1. The Hall–Kier alpha value is -2.13. The van der Waals surface area contributed by atoms with Crippen LogP contribution >= 0.6 is 0 Å². The summed E-state index contributed by atoms with van der Waals surface area (Å²) in [7, 11) is 0. The van der Waals surface area contributed by atoms with Gasteiger partial charge < -0.3 is 14.5 Å². The minimum absolute atomic E-state index is 0.0843. The predicted molar refractivity (Wildman–Crippen MR) is 99.8 cm³/mol. The van der Waals surface area contributed by atoms with E-state index in [9.17, 15) is 4.79 Å². The standard InChI is InChI=1S/C20H28N4O2/c21-14-18-6-7-19(22-15-18)23-9-11-24(12-10-23)20(25)16-26-13-8-17-4-2-1-3-5-17/h6-7,15,17H,1-5,8-13,16H2. The van der Waals surface area contributed by atoms with Crippen LogP contribution in [0.25, 0.3) is 0 Å². The molecule has 1 aliphatic carbocycles. The van der Waals surface area contributed by atoms with E-state index in [1.165, 1.54) is 32.1 Å². The van der Waals surface area contributed by atoms with Gasteiger partial charge in [-0.2, -0.15) is 5.26 Å². The first-order chi connectivity index (χ1) is 12.8. The maximum atomic E-state index is 12.3. The molecule has 6 heteroatoms. The Bertz CT molecular complexity index is 612. The molecule has 1 aliphatic heterocycles. The van der Waals surface area contributed by atoms with Gasteiger partial charge in [0.2, 0.25) is 5.91 Å². The molecule has 2 fully saturated rings. The van der Waals surface area contributed by atoms with Gasteiger partial charge in [-0.15, -0.1) is 0 Å². The van der Waals surface area contributed by atoms with Gasteiger partial charge in [-0.05, 0) is 24.5 Å². The van der Waals surface area contributed by atoms with Crippen LogP contribution in [0.2, 0.25) is 0 Å². The van der Waals surface area contributed by atoms with Crippen molar-refractivity contribution in [3.63, 3.8) is 0 Å². The Morgan fingerprint density at radius 1 is 1.19 bits per heavy atom. The average molecular weight is 356 g/mol. The molecule has 140 valence electrons. The van der Waals surface area contributed by atoms with Gasteiger partial charge in [0.15, 0.2) is 0 Å². The van der Waals surface area contributed by atoms with E-state index in [0.29, 0.717) is 25.3 Å². The van der Waals surface area contributed by atoms with Crippen LogP contribution in [-0.2, 0) is 9.53 Å². The molecule has 0 bridgehead atoms. The van der Waals surface area contributed by atoms with E-state index in [1.54, 1.807) is 12.3 Å². The molecule has 26 heavy (non-hydrogen) atoms. The van der Waals surface area contributed by atoms with Gasteiger partial charge in [-0.3, -0.25) is 4.79 Å². The second-order valence-electron chi connectivity index (χ2n) is 7.23. The number of piperazine rings is 1. The fourth-order valence-corrected chi connectivity index (χ4v) is 3.80. The van der Waals surface area contributed by atoms with Gasteiger partial charge in [0.25, 0.3) is 0 Å². The molecule has 0 N–H and O–H groups in total. The molecule has 0 radical (unpaired) electrons. The van der Waals surface area contributed by atoms with E-state index in [0.717, 1.165) is 31.2 Å². The number of nitriles is 1. The topological polar surface area (TPSA) is 69.5 Å². The second-order valence-corrected chi connectivity index (χ2v) is 7.23. The number of hydrogen-bond acceptors (Lipinski definition) is 5. The van der Waals surface area contributed by atoms with E-state index in [2.05, 4.69) is 16.0 Å². The zero-order valence-corrected chi connectivity index (χ0v) is 15.4. The summed E-state index contributed by atoms with van der Waals surface area (Å²) in [5, 5.41) is 8.84. The quantitative estimate of drug-likeness (QED) is 0.733. The zero-order valence-electron chi connectivity index (χ0n) is 15.4. The summed E-state index contributed by atoms with van der Waals surface area (Å²) in [4.78, 5) is 20.7. The van der Waals surface area contributed by atoms with Crippen LogP contribution in [0.15, 0.2) is 18.3 Å². The van der Waals surface area contributed by atoms with Crippen molar-refractivity contribution in [2.24, 2.45) is 5.92 Å². The van der Waals surface area contributed by atoms with Crippen molar-refractivity contribution in [1.82, 2.24) is 9.88 Å². The number of pyridine rings is 1. The van der Waals surface area contributed by atoms with Gasteiger partial charge >= 0.3 is 0 Å². The van der Waals surface area contributed by atoms with Gasteiger partial charge in [-0.1, -0.05) is 32.1 Å². The Labute approximate surface area is 155 Å². The molecular formula is C20H28N4O2. The summed E-state index contributed by atoms with van der Waals surface area (Å²) in [6.45, 7) is 3.78. The van der Waals surface area contributed by atoms with E-state index >= 15 is 0 Å². The Balaban J connectivity index is 1.34. The number of ether oxygens (including phenoxy) is 1. The lowest BCUT2D eigenvalue weighted by molar-refractivity contribution is -0.136. The minimum Gasteiger partial charge on any atom is -0.372 e. The molecule has 2 aliphatic rings. The van der Waals surface area contributed by atoms with Gasteiger partial charge in [0.05, 0.1) is 5.56 Å². The number of nitrogens with zero attached hydrogens (tertiary/aromatic N) is 4. The highest BCUT2D eigenvalue weighted by Gasteiger charge is 2.22. The van der Waals surface area contributed by atoms with Crippen molar-refractivity contribution < 1.29 is 9.53 Å². The third-order valence-electron chi connectivity index (χ3n) is 5.45. The molecule has 1 amide bonds. The van der Waals surface area contributed by atoms with Crippen LogP contribution in [0.5, 0.6) is 0 Å². The SMILES string of the molecule is N#Cc1ccc(N2CCN(C(=O)COCCC3CCCCC3)CC2)nc1. The maximum absolute atomic E-state index is 12.3. The minimum atomic E-state index is 0.0843.